The summed E-state index contributed by atoms with van der Waals surface area (Å²) in [5.41, 5.74) is 4.92. The van der Waals surface area contributed by atoms with Crippen molar-refractivity contribution in [1.29, 1.82) is 0 Å². The largest absolute Gasteiger partial charge is 0.481 e. The van der Waals surface area contributed by atoms with E-state index in [2.05, 4.69) is 0 Å². The molecule has 5 heteroatoms. The number of ketones is 1. The van der Waals surface area contributed by atoms with Crippen molar-refractivity contribution in [3.05, 3.63) is 0 Å². The van der Waals surface area contributed by atoms with Gasteiger partial charge in [-0.15, -0.1) is 12.4 Å². The first-order chi connectivity index (χ1) is 4.16. The van der Waals surface area contributed by atoms with Crippen LogP contribution >= 0.6 is 12.4 Å². The first-order valence-corrected chi connectivity index (χ1v) is 2.60. The van der Waals surface area contributed by atoms with Crippen LogP contribution in [0.5, 0.6) is 0 Å². The zero-order valence-corrected chi connectivity index (χ0v) is 6.19. The number of carbonyl (C=O) groups excluding carboxylic acids is 1. The first-order valence-electron chi connectivity index (χ1n) is 2.60. The Morgan fingerprint density at radius 1 is 1.30 bits per heavy atom. The fraction of sp³-hybridized carbons (Fsp3) is 0.600. The summed E-state index contributed by atoms with van der Waals surface area (Å²) in [6.07, 6.45) is -0.0676. The topological polar surface area (TPSA) is 80.4 Å². The molecule has 0 aliphatic rings. The summed E-state index contributed by atoms with van der Waals surface area (Å²) in [6.45, 7) is -0.0622. The van der Waals surface area contributed by atoms with Gasteiger partial charge in [0.15, 0.2) is 0 Å². The average Bonchev–Trinajstić information content (AvgIpc) is 1.83. The van der Waals surface area contributed by atoms with Crippen molar-refractivity contribution in [3.63, 3.8) is 0 Å². The molecule has 0 aromatic rings. The van der Waals surface area contributed by atoms with E-state index in [1.807, 2.05) is 0 Å². The maximum Gasteiger partial charge on any atom is 0.303 e. The highest BCUT2D eigenvalue weighted by Gasteiger charge is 2.01. The van der Waals surface area contributed by atoms with Crippen LogP contribution in [0.2, 0.25) is 0 Å². The van der Waals surface area contributed by atoms with Crippen LogP contribution in [0.4, 0.5) is 0 Å². The van der Waals surface area contributed by atoms with E-state index >= 15 is 0 Å². The highest BCUT2D eigenvalue weighted by Crippen LogP contribution is 1.87. The molecule has 0 heterocycles. The van der Waals surface area contributed by atoms with Crippen LogP contribution in [0.25, 0.3) is 0 Å². The van der Waals surface area contributed by atoms with Gasteiger partial charge in [0.05, 0.1) is 13.0 Å². The molecule has 0 aliphatic heterocycles. The fourth-order valence-corrected chi connectivity index (χ4v) is 0.348. The van der Waals surface area contributed by atoms with Crippen molar-refractivity contribution in [1.82, 2.24) is 0 Å². The molecule has 0 spiro atoms. The standard InChI is InChI=1S/C5H9NO3.ClH/c6-3-4(7)1-2-5(8)9;/h1-3,6H2,(H,8,9);1H/i4+1;. The molecule has 60 valence electrons. The fourth-order valence-electron chi connectivity index (χ4n) is 0.348. The quantitative estimate of drug-likeness (QED) is 0.570. The van der Waals surface area contributed by atoms with Gasteiger partial charge in [-0.3, -0.25) is 9.59 Å². The van der Waals surface area contributed by atoms with Crippen LogP contribution in [0.1, 0.15) is 12.8 Å². The van der Waals surface area contributed by atoms with E-state index in [1.54, 1.807) is 0 Å². The number of Topliss-reactive ketones (excluding diaryl/α,β-unsaturated/α-hetero) is 1. The number of rotatable bonds is 4. The molecule has 0 amide bonds. The lowest BCUT2D eigenvalue weighted by Gasteiger charge is -1.90. The van der Waals surface area contributed by atoms with Gasteiger partial charge in [-0.05, 0) is 0 Å². The summed E-state index contributed by atoms with van der Waals surface area (Å²) in [5, 5.41) is 8.06. The van der Waals surface area contributed by atoms with E-state index in [4.69, 9.17) is 10.8 Å². The van der Waals surface area contributed by atoms with Gasteiger partial charge in [0.25, 0.3) is 0 Å². The van der Waals surface area contributed by atoms with Gasteiger partial charge in [-0.25, -0.2) is 0 Å². The maximum atomic E-state index is 10.3. The molecule has 0 fully saturated rings. The third-order valence-electron chi connectivity index (χ3n) is 0.845. The van der Waals surface area contributed by atoms with E-state index in [-0.39, 0.29) is 37.6 Å². The lowest BCUT2D eigenvalue weighted by molar-refractivity contribution is -0.138. The number of aliphatic carboxylic acids is 1. The lowest BCUT2D eigenvalue weighted by atomic mass is 10.4. The van der Waals surface area contributed by atoms with Gasteiger partial charge in [0, 0.05) is 6.42 Å². The molecule has 0 saturated heterocycles. The van der Waals surface area contributed by atoms with Crippen molar-refractivity contribution in [2.75, 3.05) is 6.54 Å². The van der Waals surface area contributed by atoms with Gasteiger partial charge < -0.3 is 10.8 Å². The molecule has 0 aromatic heterocycles. The van der Waals surface area contributed by atoms with Gasteiger partial charge in [-0.2, -0.15) is 0 Å². The van der Waals surface area contributed by atoms with E-state index in [0.717, 1.165) is 0 Å². The molecule has 3 N–H and O–H groups in total. The van der Waals surface area contributed by atoms with E-state index in [9.17, 15) is 9.59 Å². The van der Waals surface area contributed by atoms with Crippen LogP contribution in [0, 0.1) is 0 Å². The van der Waals surface area contributed by atoms with Crippen molar-refractivity contribution in [3.8, 4) is 0 Å². The summed E-state index contributed by atoms with van der Waals surface area (Å²) < 4.78 is 0. The number of nitrogens with two attached hydrogens (primary N) is 1. The minimum Gasteiger partial charge on any atom is -0.481 e. The molecule has 4 nitrogen and oxygen atoms in total. The Hall–Kier alpha value is -0.610. The number of halogens is 1. The Morgan fingerprint density at radius 2 is 1.80 bits per heavy atom. The Morgan fingerprint density at radius 3 is 2.10 bits per heavy atom. The van der Waals surface area contributed by atoms with Crippen LogP contribution in [0.3, 0.4) is 0 Å². The summed E-state index contributed by atoms with van der Waals surface area (Å²) in [5.74, 6) is -1.17. The summed E-state index contributed by atoms with van der Waals surface area (Å²) in [4.78, 5) is 20.2. The molecule has 0 unspecified atom stereocenters. The molecule has 0 bridgehead atoms. The second-order valence-corrected chi connectivity index (χ2v) is 1.64. The molecule has 0 atom stereocenters. The average molecular weight is 169 g/mol. The molecule has 0 radical (unpaired) electrons. The maximum absolute atomic E-state index is 10.3. The van der Waals surface area contributed by atoms with E-state index in [0.29, 0.717) is 0 Å². The Balaban J connectivity index is 0. The highest BCUT2D eigenvalue weighted by atomic mass is 35.5. The third kappa shape index (κ3) is 7.39. The van der Waals surface area contributed by atoms with Crippen LogP contribution in [-0.4, -0.2) is 23.4 Å². The molecule has 0 aliphatic carbocycles. The van der Waals surface area contributed by atoms with Crippen LogP contribution < -0.4 is 5.73 Å². The Kier molecular flexibility index (Phi) is 7.88. The minimum atomic E-state index is -0.961. The van der Waals surface area contributed by atoms with Gasteiger partial charge in [-0.1, -0.05) is 0 Å². The zero-order chi connectivity index (χ0) is 7.28. The SMILES string of the molecule is Cl.NC[13C](=O)CCC(=O)O. The predicted octanol–water partition coefficient (Wildman–Crippen LogP) is -0.199. The van der Waals surface area contributed by atoms with Gasteiger partial charge in [0.2, 0.25) is 0 Å². The molecule has 0 aromatic carbocycles. The van der Waals surface area contributed by atoms with Crippen molar-refractivity contribution < 1.29 is 14.7 Å². The number of carboxylic acids is 1. The summed E-state index contributed by atoms with van der Waals surface area (Å²) in [7, 11) is 0. The summed E-state index contributed by atoms with van der Waals surface area (Å²) >= 11 is 0. The van der Waals surface area contributed by atoms with Crippen LogP contribution in [0.15, 0.2) is 0 Å². The first kappa shape index (κ1) is 12.1. The minimum absolute atomic E-state index is 0. The van der Waals surface area contributed by atoms with Gasteiger partial charge in [0.1, 0.15) is 5.78 Å². The van der Waals surface area contributed by atoms with E-state index < -0.39 is 5.97 Å². The third-order valence-corrected chi connectivity index (χ3v) is 0.845. The Labute approximate surface area is 64.8 Å². The molecule has 0 saturated carbocycles. The smallest absolute Gasteiger partial charge is 0.303 e. The number of hydrogen-bond donors (Lipinski definition) is 2. The normalized spacial score (nSPS) is 8.10. The molecule has 10 heavy (non-hydrogen) atoms. The number of carboxylic acid groups (broad SMARTS) is 1. The van der Waals surface area contributed by atoms with Crippen LogP contribution in [-0.2, 0) is 9.59 Å². The molecule has 0 rings (SSSR count). The molecular weight excluding hydrogens is 159 g/mol. The lowest BCUT2D eigenvalue weighted by Crippen LogP contribution is -2.14. The summed E-state index contributed by atoms with van der Waals surface area (Å²) in [6, 6.07) is 0. The molecular formula is C5H10ClNO3. The highest BCUT2D eigenvalue weighted by molar-refractivity contribution is 5.85. The zero-order valence-electron chi connectivity index (χ0n) is 5.37. The monoisotopic (exact) mass is 168 g/mol. The number of carbonyl (C=O) groups is 2. The van der Waals surface area contributed by atoms with Gasteiger partial charge >= 0.3 is 5.97 Å². The van der Waals surface area contributed by atoms with Crippen molar-refractivity contribution in [2.24, 2.45) is 5.73 Å². The predicted molar refractivity (Wildman–Crippen MR) is 38.2 cm³/mol. The number of hydrogen-bond acceptors (Lipinski definition) is 3. The van der Waals surface area contributed by atoms with E-state index in [1.165, 1.54) is 0 Å². The second-order valence-electron chi connectivity index (χ2n) is 1.64. The van der Waals surface area contributed by atoms with Crippen molar-refractivity contribution in [2.45, 2.75) is 12.8 Å². The Bertz CT molecular complexity index is 126. The van der Waals surface area contributed by atoms with Crippen molar-refractivity contribution >= 4 is 24.2 Å². The second kappa shape index (κ2) is 6.51.